The topological polar surface area (TPSA) is 63.3 Å². The molecule has 0 spiro atoms. The fourth-order valence-corrected chi connectivity index (χ4v) is 4.10. The number of rotatable bonds is 6. The first-order chi connectivity index (χ1) is 13.7. The minimum absolute atomic E-state index is 0.0841. The average molecular weight is 378 g/mol. The maximum absolute atomic E-state index is 13.3. The van der Waals surface area contributed by atoms with Gasteiger partial charge >= 0.3 is 0 Å². The van der Waals surface area contributed by atoms with Crippen LogP contribution in [-0.2, 0) is 21.4 Å². The molecule has 4 rings (SSSR count). The predicted octanol–water partition coefficient (Wildman–Crippen LogP) is 3.58. The van der Waals surface area contributed by atoms with Crippen molar-refractivity contribution in [1.82, 2.24) is 10.3 Å². The summed E-state index contributed by atoms with van der Waals surface area (Å²) in [7, 11) is 1.65. The van der Waals surface area contributed by atoms with Crippen LogP contribution >= 0.6 is 0 Å². The van der Waals surface area contributed by atoms with E-state index in [2.05, 4.69) is 22.4 Å². The van der Waals surface area contributed by atoms with Gasteiger partial charge in [0.15, 0.2) is 0 Å². The van der Waals surface area contributed by atoms with Gasteiger partial charge in [0.2, 0.25) is 5.91 Å². The number of methoxy groups -OCH3 is 1. The fourth-order valence-electron chi connectivity index (χ4n) is 4.10. The molecule has 1 aliphatic heterocycles. The first kappa shape index (κ1) is 18.6. The summed E-state index contributed by atoms with van der Waals surface area (Å²) in [4.78, 5) is 16.6. The molecule has 1 fully saturated rings. The van der Waals surface area contributed by atoms with Gasteiger partial charge in [0.05, 0.1) is 12.5 Å². The number of hydrogen-bond acceptors (Lipinski definition) is 3. The summed E-state index contributed by atoms with van der Waals surface area (Å²) in [5.41, 5.74) is 2.84. The van der Waals surface area contributed by atoms with Crippen molar-refractivity contribution in [2.24, 2.45) is 0 Å². The molecule has 0 bridgehead atoms. The van der Waals surface area contributed by atoms with Gasteiger partial charge in [-0.25, -0.2) is 0 Å². The second-order valence-electron chi connectivity index (χ2n) is 7.29. The first-order valence-corrected chi connectivity index (χ1v) is 9.78. The molecule has 0 radical (unpaired) electrons. The van der Waals surface area contributed by atoms with Gasteiger partial charge in [-0.3, -0.25) is 4.79 Å². The third-order valence-electron chi connectivity index (χ3n) is 5.78. The molecule has 1 amide bonds. The van der Waals surface area contributed by atoms with Crippen LogP contribution in [0.1, 0.15) is 24.0 Å². The quantitative estimate of drug-likeness (QED) is 0.689. The molecular weight excluding hydrogens is 352 g/mol. The molecule has 1 saturated heterocycles. The number of nitrogens with one attached hydrogen (secondary N) is 2. The van der Waals surface area contributed by atoms with E-state index < -0.39 is 5.41 Å². The lowest BCUT2D eigenvalue weighted by molar-refractivity contribution is -0.130. The number of aromatic amines is 1. The number of para-hydroxylation sites is 1. The Morgan fingerprint density at radius 2 is 1.89 bits per heavy atom. The molecule has 0 aliphatic carbocycles. The number of benzene rings is 2. The zero-order chi connectivity index (χ0) is 19.4. The summed E-state index contributed by atoms with van der Waals surface area (Å²) < 4.78 is 10.8. The molecule has 2 heterocycles. The summed E-state index contributed by atoms with van der Waals surface area (Å²) in [6.45, 7) is 1.81. The van der Waals surface area contributed by atoms with E-state index in [9.17, 15) is 4.79 Å². The van der Waals surface area contributed by atoms with Gasteiger partial charge in [-0.15, -0.1) is 0 Å². The number of aromatic nitrogens is 1. The molecule has 2 N–H and O–H groups in total. The standard InChI is InChI=1S/C23H26N2O3/c1-27-19-8-6-18(7-9-19)23(11-14-28-15-12-23)22(26)24-13-10-17-16-25-21-5-3-2-4-20(17)21/h2-9,16,25H,10-15H2,1H3,(H,24,26). The number of carbonyl (C=O) groups excluding carboxylic acids is 1. The minimum atomic E-state index is -0.537. The fraction of sp³-hybridized carbons (Fsp3) is 0.348. The SMILES string of the molecule is COc1ccc(C2(C(=O)NCCc3c[nH]c4ccccc34)CCOCC2)cc1. The van der Waals surface area contributed by atoms with Crippen molar-refractivity contribution in [2.75, 3.05) is 26.9 Å². The van der Waals surface area contributed by atoms with Crippen molar-refractivity contribution in [2.45, 2.75) is 24.7 Å². The number of hydrogen-bond donors (Lipinski definition) is 2. The number of H-pyrrole nitrogens is 1. The molecule has 3 aromatic rings. The number of amides is 1. The van der Waals surface area contributed by atoms with E-state index in [0.29, 0.717) is 32.6 Å². The van der Waals surface area contributed by atoms with Crippen molar-refractivity contribution in [1.29, 1.82) is 0 Å². The molecule has 0 atom stereocenters. The molecule has 0 unspecified atom stereocenters. The Balaban J connectivity index is 1.48. The summed E-state index contributed by atoms with van der Waals surface area (Å²) >= 11 is 0. The van der Waals surface area contributed by atoms with Crippen LogP contribution in [0.5, 0.6) is 5.75 Å². The van der Waals surface area contributed by atoms with Crippen molar-refractivity contribution in [3.63, 3.8) is 0 Å². The molecule has 28 heavy (non-hydrogen) atoms. The largest absolute Gasteiger partial charge is 0.497 e. The van der Waals surface area contributed by atoms with Gasteiger partial charge < -0.3 is 19.8 Å². The third kappa shape index (κ3) is 3.50. The van der Waals surface area contributed by atoms with Crippen LogP contribution in [0.3, 0.4) is 0 Å². The molecule has 1 aromatic heterocycles. The van der Waals surface area contributed by atoms with Gasteiger partial charge in [-0.2, -0.15) is 0 Å². The molecule has 5 heteroatoms. The highest BCUT2D eigenvalue weighted by atomic mass is 16.5. The van der Waals surface area contributed by atoms with E-state index in [1.165, 1.54) is 10.9 Å². The minimum Gasteiger partial charge on any atom is -0.497 e. The Hall–Kier alpha value is -2.79. The van der Waals surface area contributed by atoms with Crippen LogP contribution in [0.4, 0.5) is 0 Å². The maximum atomic E-state index is 13.3. The van der Waals surface area contributed by atoms with Gasteiger partial charge in [0, 0.05) is 36.9 Å². The van der Waals surface area contributed by atoms with E-state index in [-0.39, 0.29) is 5.91 Å². The van der Waals surface area contributed by atoms with E-state index >= 15 is 0 Å². The van der Waals surface area contributed by atoms with Gasteiger partial charge in [0.25, 0.3) is 0 Å². The van der Waals surface area contributed by atoms with Crippen LogP contribution in [0.15, 0.2) is 54.7 Å². The first-order valence-electron chi connectivity index (χ1n) is 9.78. The van der Waals surface area contributed by atoms with Gasteiger partial charge in [-0.1, -0.05) is 30.3 Å². The molecular formula is C23H26N2O3. The number of ether oxygens (including phenoxy) is 2. The second kappa shape index (κ2) is 8.07. The van der Waals surface area contributed by atoms with Crippen molar-refractivity contribution >= 4 is 16.8 Å². The lowest BCUT2D eigenvalue weighted by Crippen LogP contribution is -2.48. The van der Waals surface area contributed by atoms with Gasteiger partial charge in [0.1, 0.15) is 5.75 Å². The Bertz CT molecular complexity index is 940. The summed E-state index contributed by atoms with van der Waals surface area (Å²) in [6, 6.07) is 16.1. The maximum Gasteiger partial charge on any atom is 0.230 e. The van der Waals surface area contributed by atoms with Crippen LogP contribution in [0.25, 0.3) is 10.9 Å². The lowest BCUT2D eigenvalue weighted by atomic mass is 9.73. The third-order valence-corrected chi connectivity index (χ3v) is 5.78. The number of carbonyl (C=O) groups is 1. The summed E-state index contributed by atoms with van der Waals surface area (Å²) in [6.07, 6.45) is 4.21. The highest BCUT2D eigenvalue weighted by Crippen LogP contribution is 2.36. The normalized spacial score (nSPS) is 16.0. The Labute approximate surface area is 165 Å². The Morgan fingerprint density at radius 3 is 2.64 bits per heavy atom. The second-order valence-corrected chi connectivity index (χ2v) is 7.29. The van der Waals surface area contributed by atoms with Crippen LogP contribution < -0.4 is 10.1 Å². The zero-order valence-electron chi connectivity index (χ0n) is 16.2. The Kier molecular flexibility index (Phi) is 5.35. The lowest BCUT2D eigenvalue weighted by Gasteiger charge is -2.36. The van der Waals surface area contributed by atoms with Crippen molar-refractivity contribution in [3.05, 3.63) is 65.9 Å². The van der Waals surface area contributed by atoms with Gasteiger partial charge in [-0.05, 0) is 48.6 Å². The van der Waals surface area contributed by atoms with Crippen molar-refractivity contribution in [3.8, 4) is 5.75 Å². The average Bonchev–Trinajstić information content (AvgIpc) is 3.17. The predicted molar refractivity (Wildman–Crippen MR) is 110 cm³/mol. The van der Waals surface area contributed by atoms with Crippen LogP contribution in [-0.4, -0.2) is 37.8 Å². The molecule has 0 saturated carbocycles. The molecule has 5 nitrogen and oxygen atoms in total. The smallest absolute Gasteiger partial charge is 0.230 e. The van der Waals surface area contributed by atoms with E-state index in [1.807, 2.05) is 42.6 Å². The Morgan fingerprint density at radius 1 is 1.14 bits per heavy atom. The molecule has 1 aliphatic rings. The van der Waals surface area contributed by atoms with E-state index in [1.54, 1.807) is 7.11 Å². The number of fused-ring (bicyclic) bond motifs is 1. The van der Waals surface area contributed by atoms with E-state index in [0.717, 1.165) is 23.3 Å². The highest BCUT2D eigenvalue weighted by molar-refractivity contribution is 5.88. The van der Waals surface area contributed by atoms with Crippen LogP contribution in [0, 0.1) is 0 Å². The molecule has 2 aromatic carbocycles. The van der Waals surface area contributed by atoms with E-state index in [4.69, 9.17) is 9.47 Å². The summed E-state index contributed by atoms with van der Waals surface area (Å²) in [5.74, 6) is 0.881. The van der Waals surface area contributed by atoms with Crippen molar-refractivity contribution < 1.29 is 14.3 Å². The van der Waals surface area contributed by atoms with Crippen LogP contribution in [0.2, 0.25) is 0 Å². The summed E-state index contributed by atoms with van der Waals surface area (Å²) in [5, 5.41) is 4.40. The highest BCUT2D eigenvalue weighted by Gasteiger charge is 2.41. The zero-order valence-corrected chi connectivity index (χ0v) is 16.2. The molecule has 146 valence electrons. The monoisotopic (exact) mass is 378 g/mol.